The summed E-state index contributed by atoms with van der Waals surface area (Å²) in [7, 11) is 1.84. The van der Waals surface area contributed by atoms with Gasteiger partial charge < -0.3 is 19.5 Å². The number of rotatable bonds is 6. The number of aromatic nitrogens is 3. The molecular weight excluding hydrogens is 306 g/mol. The molecule has 2 amide bonds. The fraction of sp³-hybridized carbons (Fsp3) is 0.824. The Kier molecular flexibility index (Phi) is 5.38. The smallest absolute Gasteiger partial charge is 0.317 e. The molecule has 0 aromatic carbocycles. The third-order valence-corrected chi connectivity index (χ3v) is 5.74. The van der Waals surface area contributed by atoms with Gasteiger partial charge in [0.15, 0.2) is 0 Å². The number of hydrogen-bond acceptors (Lipinski definition) is 4. The fourth-order valence-corrected chi connectivity index (χ4v) is 4.23. The van der Waals surface area contributed by atoms with Crippen molar-refractivity contribution in [2.24, 2.45) is 5.41 Å². The minimum absolute atomic E-state index is 0.00738. The van der Waals surface area contributed by atoms with Crippen molar-refractivity contribution in [3.63, 3.8) is 0 Å². The number of nitrogens with one attached hydrogen (secondary N) is 1. The Bertz CT molecular complexity index is 527. The summed E-state index contributed by atoms with van der Waals surface area (Å²) in [6.45, 7) is 4.15. The average molecular weight is 335 g/mol. The molecule has 3 rings (SSSR count). The number of carbonyl (C=O) groups excluding carboxylic acids is 1. The second-order valence-corrected chi connectivity index (χ2v) is 7.10. The van der Waals surface area contributed by atoms with E-state index in [1.807, 2.05) is 11.6 Å². The molecule has 1 N–H and O–H groups in total. The molecule has 0 radical (unpaired) electrons. The monoisotopic (exact) mass is 335 g/mol. The predicted molar refractivity (Wildman–Crippen MR) is 90.5 cm³/mol. The van der Waals surface area contributed by atoms with Crippen LogP contribution in [0.2, 0.25) is 0 Å². The van der Waals surface area contributed by atoms with Crippen LogP contribution in [-0.2, 0) is 11.3 Å². The number of ether oxygens (including phenoxy) is 1. The van der Waals surface area contributed by atoms with Gasteiger partial charge in [-0.15, -0.1) is 10.2 Å². The van der Waals surface area contributed by atoms with Crippen molar-refractivity contribution < 1.29 is 9.53 Å². The Balaban J connectivity index is 1.53. The maximum absolute atomic E-state index is 12.5. The molecule has 1 heterocycles. The van der Waals surface area contributed by atoms with E-state index in [0.29, 0.717) is 19.2 Å². The quantitative estimate of drug-likeness (QED) is 0.863. The molecule has 24 heavy (non-hydrogen) atoms. The Morgan fingerprint density at radius 2 is 2.04 bits per heavy atom. The van der Waals surface area contributed by atoms with Gasteiger partial charge in [0, 0.05) is 38.2 Å². The van der Waals surface area contributed by atoms with Gasteiger partial charge in [-0.2, -0.15) is 0 Å². The lowest BCUT2D eigenvalue weighted by Gasteiger charge is -2.57. The lowest BCUT2D eigenvalue weighted by Crippen LogP contribution is -2.66. The highest BCUT2D eigenvalue weighted by Crippen LogP contribution is 2.53. The molecule has 0 bridgehead atoms. The van der Waals surface area contributed by atoms with Crippen LogP contribution in [0.5, 0.6) is 0 Å². The summed E-state index contributed by atoms with van der Waals surface area (Å²) in [4.78, 5) is 14.3. The van der Waals surface area contributed by atoms with E-state index in [2.05, 4.69) is 22.4 Å². The first-order valence-electron chi connectivity index (χ1n) is 9.11. The minimum atomic E-state index is 0.00738. The Hall–Kier alpha value is -1.63. The van der Waals surface area contributed by atoms with Gasteiger partial charge in [-0.3, -0.25) is 0 Å². The van der Waals surface area contributed by atoms with Gasteiger partial charge in [0.1, 0.15) is 12.7 Å². The maximum Gasteiger partial charge on any atom is 0.317 e. The van der Waals surface area contributed by atoms with Crippen molar-refractivity contribution >= 4 is 6.03 Å². The van der Waals surface area contributed by atoms with Crippen molar-refractivity contribution in [3.05, 3.63) is 12.7 Å². The van der Waals surface area contributed by atoms with Crippen LogP contribution in [0.4, 0.5) is 4.79 Å². The third kappa shape index (κ3) is 3.41. The summed E-state index contributed by atoms with van der Waals surface area (Å²) >= 11 is 0. The highest BCUT2D eigenvalue weighted by molar-refractivity contribution is 5.74. The van der Waals surface area contributed by atoms with Crippen LogP contribution in [0.3, 0.4) is 0 Å². The summed E-state index contributed by atoms with van der Waals surface area (Å²) in [5.74, 6) is 0. The highest BCUT2D eigenvalue weighted by atomic mass is 16.5. The lowest BCUT2D eigenvalue weighted by molar-refractivity contribution is -0.147. The van der Waals surface area contributed by atoms with Crippen LogP contribution in [0.15, 0.2) is 12.7 Å². The van der Waals surface area contributed by atoms with Gasteiger partial charge in [0.05, 0.1) is 6.10 Å². The zero-order chi connectivity index (χ0) is 17.0. The van der Waals surface area contributed by atoms with E-state index in [4.69, 9.17) is 4.74 Å². The number of hydrogen-bond donors (Lipinski definition) is 1. The van der Waals surface area contributed by atoms with Crippen molar-refractivity contribution in [1.82, 2.24) is 25.0 Å². The fourth-order valence-electron chi connectivity index (χ4n) is 4.23. The van der Waals surface area contributed by atoms with E-state index in [-0.39, 0.29) is 17.5 Å². The second-order valence-electron chi connectivity index (χ2n) is 7.10. The average Bonchev–Trinajstić information content (AvgIpc) is 3.13. The molecule has 0 unspecified atom stereocenters. The summed E-state index contributed by atoms with van der Waals surface area (Å²) < 4.78 is 7.83. The molecule has 0 aliphatic heterocycles. The number of nitrogens with zero attached hydrogens (tertiary/aromatic N) is 4. The molecule has 0 saturated heterocycles. The summed E-state index contributed by atoms with van der Waals surface area (Å²) in [6.07, 6.45) is 10.7. The number of amides is 2. The van der Waals surface area contributed by atoms with Crippen molar-refractivity contribution in [3.8, 4) is 0 Å². The second kappa shape index (κ2) is 7.51. The van der Waals surface area contributed by atoms with E-state index >= 15 is 0 Å². The van der Waals surface area contributed by atoms with Gasteiger partial charge in [0.2, 0.25) is 0 Å². The van der Waals surface area contributed by atoms with Crippen LogP contribution in [-0.4, -0.2) is 58.0 Å². The zero-order valence-corrected chi connectivity index (χ0v) is 14.8. The Labute approximate surface area is 143 Å². The zero-order valence-electron chi connectivity index (χ0n) is 14.8. The molecule has 7 nitrogen and oxygen atoms in total. The van der Waals surface area contributed by atoms with Crippen LogP contribution < -0.4 is 5.32 Å². The molecular formula is C17H29N5O2. The van der Waals surface area contributed by atoms with E-state index in [9.17, 15) is 4.79 Å². The molecule has 1 aromatic rings. The normalized spacial score (nSPS) is 25.2. The molecule has 7 heteroatoms. The van der Waals surface area contributed by atoms with Crippen LogP contribution >= 0.6 is 0 Å². The molecule has 1 aromatic heterocycles. The minimum Gasteiger partial charge on any atom is -0.378 e. The van der Waals surface area contributed by atoms with Crippen molar-refractivity contribution in [2.45, 2.75) is 64.1 Å². The van der Waals surface area contributed by atoms with Gasteiger partial charge in [0.25, 0.3) is 0 Å². The maximum atomic E-state index is 12.5. The molecule has 2 saturated carbocycles. The molecule has 2 atom stereocenters. The van der Waals surface area contributed by atoms with Gasteiger partial charge in [-0.1, -0.05) is 19.3 Å². The summed E-state index contributed by atoms with van der Waals surface area (Å²) in [6, 6.07) is 0.257. The topological polar surface area (TPSA) is 72.3 Å². The SMILES string of the molecule is CCO[C@@H]1C[C@@H](NC(=O)N(C)CCn2cnnc2)C12CCCCC2. The van der Waals surface area contributed by atoms with Gasteiger partial charge >= 0.3 is 6.03 Å². The highest BCUT2D eigenvalue weighted by Gasteiger charge is 2.56. The number of urea groups is 1. The van der Waals surface area contributed by atoms with Gasteiger partial charge in [-0.25, -0.2) is 4.79 Å². The standard InChI is InChI=1S/C17H29N5O2/c1-3-24-15-11-14(17(15)7-5-4-6-8-17)20-16(23)21(2)9-10-22-12-18-19-13-22/h12-15H,3-11H2,1-2H3,(H,20,23)/t14-,15-/m1/s1. The van der Waals surface area contributed by atoms with Crippen LogP contribution in [0.25, 0.3) is 0 Å². The van der Waals surface area contributed by atoms with Crippen LogP contribution in [0, 0.1) is 5.41 Å². The third-order valence-electron chi connectivity index (χ3n) is 5.74. The molecule has 2 aliphatic rings. The first kappa shape index (κ1) is 17.2. The first-order chi connectivity index (χ1) is 11.7. The molecule has 2 fully saturated rings. The lowest BCUT2D eigenvalue weighted by atomic mass is 9.55. The van der Waals surface area contributed by atoms with Crippen LogP contribution in [0.1, 0.15) is 45.4 Å². The van der Waals surface area contributed by atoms with Gasteiger partial charge in [-0.05, 0) is 26.2 Å². The molecule has 1 spiro atoms. The summed E-state index contributed by atoms with van der Waals surface area (Å²) in [5.41, 5.74) is 0.166. The van der Waals surface area contributed by atoms with E-state index < -0.39 is 0 Å². The number of likely N-dealkylation sites (N-methyl/N-ethyl adjacent to an activating group) is 1. The van der Waals surface area contributed by atoms with Crippen molar-refractivity contribution in [2.75, 3.05) is 20.2 Å². The Morgan fingerprint density at radius 1 is 1.33 bits per heavy atom. The van der Waals surface area contributed by atoms with E-state index in [0.717, 1.165) is 13.0 Å². The summed E-state index contributed by atoms with van der Waals surface area (Å²) in [5, 5.41) is 10.8. The van der Waals surface area contributed by atoms with E-state index in [1.54, 1.807) is 17.6 Å². The first-order valence-corrected chi connectivity index (χ1v) is 9.11. The number of carbonyl (C=O) groups is 1. The molecule has 2 aliphatic carbocycles. The van der Waals surface area contributed by atoms with E-state index in [1.165, 1.54) is 32.1 Å². The van der Waals surface area contributed by atoms with Crippen molar-refractivity contribution in [1.29, 1.82) is 0 Å². The largest absolute Gasteiger partial charge is 0.378 e. The predicted octanol–water partition coefficient (Wildman–Crippen LogP) is 2.05. The Morgan fingerprint density at radius 3 is 2.71 bits per heavy atom. The molecule has 134 valence electrons.